The van der Waals surface area contributed by atoms with E-state index < -0.39 is 0 Å². The van der Waals surface area contributed by atoms with E-state index in [1.165, 1.54) is 73.1 Å². The number of hydrogen-bond donors (Lipinski definition) is 4. The van der Waals surface area contributed by atoms with Crippen LogP contribution in [0, 0.1) is 31.6 Å². The molecule has 6 heteroatoms. The molecule has 2 aromatic heterocycles. The van der Waals surface area contributed by atoms with Crippen LogP contribution in [-0.2, 0) is 13.1 Å². The van der Waals surface area contributed by atoms with Crippen molar-refractivity contribution in [3.05, 3.63) is 257 Å². The summed E-state index contributed by atoms with van der Waals surface area (Å²) in [5.74, 6) is 0. The van der Waals surface area contributed by atoms with Gasteiger partial charge < -0.3 is 31.4 Å². The van der Waals surface area contributed by atoms with Crippen LogP contribution in [0.2, 0.25) is 0 Å². The number of nitrogens with two attached hydrogens (primary N) is 2. The van der Waals surface area contributed by atoms with Gasteiger partial charge in [0.25, 0.3) is 0 Å². The molecule has 0 bridgehead atoms. The lowest BCUT2D eigenvalue weighted by Crippen LogP contribution is -2.07. The molecule has 0 saturated carbocycles. The Morgan fingerprint density at radius 1 is 0.463 bits per heavy atom. The molecule has 10 aromatic rings. The number of para-hydroxylation sites is 3. The van der Waals surface area contributed by atoms with E-state index in [4.69, 9.17) is 22.3 Å². The third-order valence-electron chi connectivity index (χ3n) is 11.3. The Bertz CT molecular complexity index is 3040. The topological polar surface area (TPSA) is 110 Å². The van der Waals surface area contributed by atoms with Crippen molar-refractivity contribution >= 4 is 51.2 Å². The summed E-state index contributed by atoms with van der Waals surface area (Å²) in [6.07, 6.45) is 8.27. The van der Waals surface area contributed by atoms with Crippen LogP contribution in [0.5, 0.6) is 0 Å². The quantitative estimate of drug-likeness (QED) is 0.114. The summed E-state index contributed by atoms with van der Waals surface area (Å²) in [5.41, 5.74) is 25.5. The van der Waals surface area contributed by atoms with Gasteiger partial charge in [-0.3, -0.25) is 0 Å². The van der Waals surface area contributed by atoms with Crippen molar-refractivity contribution in [2.45, 2.75) is 47.2 Å². The largest absolute Gasteiger partial charge is 0.326 e. The Morgan fingerprint density at radius 3 is 1.28 bits per heavy atom. The third-order valence-corrected chi connectivity index (χ3v) is 11.3. The summed E-state index contributed by atoms with van der Waals surface area (Å²) in [6, 6.07) is 70.1. The molecule has 8 aromatic carbocycles. The maximum absolute atomic E-state index is 8.12. The summed E-state index contributed by atoms with van der Waals surface area (Å²) in [4.78, 5) is 0. The highest BCUT2D eigenvalue weighted by Gasteiger charge is 2.21. The fourth-order valence-electron chi connectivity index (χ4n) is 7.81. The van der Waals surface area contributed by atoms with Crippen LogP contribution in [0.1, 0.15) is 58.0 Å². The van der Waals surface area contributed by atoms with Gasteiger partial charge in [-0.15, -0.1) is 0 Å². The third kappa shape index (κ3) is 12.5. The van der Waals surface area contributed by atoms with Crippen LogP contribution in [0.25, 0.3) is 50.2 Å². The average molecular weight is 879 g/mol. The molecular weight excluding hydrogens is 817 g/mol. The van der Waals surface area contributed by atoms with Gasteiger partial charge >= 0.3 is 0 Å². The average Bonchev–Trinajstić information content (AvgIpc) is 3.88. The van der Waals surface area contributed by atoms with Gasteiger partial charge in [0.15, 0.2) is 0 Å². The van der Waals surface area contributed by atoms with E-state index in [0.717, 1.165) is 34.5 Å². The van der Waals surface area contributed by atoms with Crippen LogP contribution >= 0.6 is 0 Å². The first kappa shape index (κ1) is 48.6. The second-order valence-electron chi connectivity index (χ2n) is 16.0. The molecule has 0 radical (unpaired) electrons. The molecule has 0 atom stereocenters. The highest BCUT2D eigenvalue weighted by molar-refractivity contribution is 6.09. The number of fused-ring (bicyclic) bond motifs is 4. The molecule has 0 aliphatic carbocycles. The summed E-state index contributed by atoms with van der Waals surface area (Å²) < 4.78 is 4.76. The molecule has 10 rings (SSSR count). The van der Waals surface area contributed by atoms with E-state index in [1.807, 2.05) is 109 Å². The summed E-state index contributed by atoms with van der Waals surface area (Å²) >= 11 is 0. The molecule has 0 saturated heterocycles. The fourth-order valence-corrected chi connectivity index (χ4v) is 7.81. The van der Waals surface area contributed by atoms with Crippen molar-refractivity contribution < 1.29 is 0 Å². The maximum Gasteiger partial charge on any atom is 0.0709 e. The smallest absolute Gasteiger partial charge is 0.0709 e. The number of nitrogens with zero attached hydrogens (tertiary/aromatic N) is 2. The predicted molar refractivity (Wildman–Crippen MR) is 288 cm³/mol. The van der Waals surface area contributed by atoms with Crippen molar-refractivity contribution in [3.63, 3.8) is 0 Å². The summed E-state index contributed by atoms with van der Waals surface area (Å²) in [6.45, 7) is 9.85. The maximum atomic E-state index is 8.12. The van der Waals surface area contributed by atoms with Crippen LogP contribution in [0.4, 0.5) is 0 Å². The molecule has 336 valence electrons. The Hall–Kier alpha value is -7.90. The number of aromatic nitrogens is 2. The lowest BCUT2D eigenvalue weighted by molar-refractivity contribution is 1.04. The molecule has 0 aliphatic heterocycles. The first-order valence-electron chi connectivity index (χ1n) is 22.8. The van der Waals surface area contributed by atoms with E-state index in [0.29, 0.717) is 13.1 Å². The fraction of sp³-hybridized carbons (Fsp3) is 0.115. The highest BCUT2D eigenvalue weighted by Crippen LogP contribution is 2.38. The number of nitrogens with one attached hydrogen (secondary N) is 2. The van der Waals surface area contributed by atoms with Crippen molar-refractivity contribution in [1.29, 1.82) is 10.8 Å². The Balaban J connectivity index is 0.000000190. The molecular formula is C61H62N6. The summed E-state index contributed by atoms with van der Waals surface area (Å²) in [7, 11) is 0. The number of allylic oxidation sites excluding steroid dienone is 1. The molecule has 6 N–H and O–H groups in total. The van der Waals surface area contributed by atoms with Gasteiger partial charge in [0.2, 0.25) is 0 Å². The molecule has 2 heterocycles. The summed E-state index contributed by atoms with van der Waals surface area (Å²) in [5, 5.41) is 18.7. The molecule has 0 spiro atoms. The molecule has 67 heavy (non-hydrogen) atoms. The number of hydrogen-bond acceptors (Lipinski definition) is 4. The lowest BCUT2D eigenvalue weighted by Gasteiger charge is -2.19. The van der Waals surface area contributed by atoms with Crippen LogP contribution in [0.3, 0.4) is 0 Å². The van der Waals surface area contributed by atoms with E-state index in [9.17, 15) is 0 Å². The SMILES string of the molecule is CC/C=C\c1c(C)c2ccccc2n1-c1cc(C)c(C=N)cc1-n1c2ccccc2c2ccccc21.Cc1ccccc1.N=Cc1ccccc1.NCc1ccccc1.NCc1ccccc1. The number of benzene rings is 8. The van der Waals surface area contributed by atoms with Crippen LogP contribution in [0.15, 0.2) is 212 Å². The zero-order valence-electron chi connectivity index (χ0n) is 39.1. The Kier molecular flexibility index (Phi) is 18.1. The Morgan fingerprint density at radius 2 is 0.881 bits per heavy atom. The van der Waals surface area contributed by atoms with Crippen LogP contribution in [-0.4, -0.2) is 21.6 Å². The van der Waals surface area contributed by atoms with Gasteiger partial charge in [-0.25, -0.2) is 0 Å². The van der Waals surface area contributed by atoms with Crippen molar-refractivity contribution in [2.24, 2.45) is 11.5 Å². The predicted octanol–water partition coefficient (Wildman–Crippen LogP) is 14.7. The van der Waals surface area contributed by atoms with Gasteiger partial charge in [0, 0.05) is 47.4 Å². The first-order chi connectivity index (χ1) is 32.8. The standard InChI is InChI=1S/C33H29N3.2C7H9N.C7H7N.C7H8/c1-4-5-15-28-23(3)25-12-6-9-16-29(25)35(28)32-19-22(2)24(21-34)20-33(32)36-30-17-10-7-13-26(30)27-14-8-11-18-31(27)36;3*8-6-7-4-2-1-3-5-7;1-7-5-3-2-4-6-7/h5-21,34H,4H2,1-3H3;2*1-5H,6,8H2;1-6,8H;2-6H,1H3/b15-5-,34-21?;;;;. The highest BCUT2D eigenvalue weighted by atomic mass is 15.1. The normalized spacial score (nSPS) is 10.5. The van der Waals surface area contributed by atoms with Gasteiger partial charge in [-0.2, -0.15) is 0 Å². The van der Waals surface area contributed by atoms with Crippen molar-refractivity contribution in [3.8, 4) is 11.4 Å². The van der Waals surface area contributed by atoms with E-state index in [1.54, 1.807) is 0 Å². The molecule has 0 aliphatic rings. The van der Waals surface area contributed by atoms with Gasteiger partial charge in [-0.05, 0) is 97.0 Å². The van der Waals surface area contributed by atoms with Crippen molar-refractivity contribution in [1.82, 2.24) is 9.13 Å². The minimum absolute atomic E-state index is 0.640. The monoisotopic (exact) mass is 879 g/mol. The first-order valence-corrected chi connectivity index (χ1v) is 22.8. The minimum Gasteiger partial charge on any atom is -0.326 e. The molecule has 6 nitrogen and oxygen atoms in total. The molecule has 0 fully saturated rings. The second-order valence-corrected chi connectivity index (χ2v) is 16.0. The van der Waals surface area contributed by atoms with Gasteiger partial charge in [0.05, 0.1) is 27.9 Å². The van der Waals surface area contributed by atoms with Gasteiger partial charge in [-0.1, -0.05) is 194 Å². The van der Waals surface area contributed by atoms with E-state index in [2.05, 4.69) is 146 Å². The Labute approximate surface area is 396 Å². The zero-order valence-corrected chi connectivity index (χ0v) is 39.1. The number of aryl methyl sites for hydroxylation is 3. The van der Waals surface area contributed by atoms with Gasteiger partial charge in [0.1, 0.15) is 0 Å². The second kappa shape index (κ2) is 25.0. The van der Waals surface area contributed by atoms with Crippen molar-refractivity contribution in [2.75, 3.05) is 0 Å². The van der Waals surface area contributed by atoms with Crippen LogP contribution < -0.4 is 11.5 Å². The minimum atomic E-state index is 0.640. The lowest BCUT2D eigenvalue weighted by atomic mass is 10.1. The molecule has 0 unspecified atom stereocenters. The molecule has 0 amide bonds. The van der Waals surface area contributed by atoms with E-state index in [-0.39, 0.29) is 0 Å². The zero-order chi connectivity index (χ0) is 47.4. The van der Waals surface area contributed by atoms with E-state index >= 15 is 0 Å². The number of rotatable bonds is 8.